The van der Waals surface area contributed by atoms with Gasteiger partial charge < -0.3 is 38.1 Å². The Morgan fingerprint density at radius 1 is 1.19 bits per heavy atom. The van der Waals surface area contributed by atoms with Crippen LogP contribution >= 0.6 is 0 Å². The van der Waals surface area contributed by atoms with Gasteiger partial charge in [-0.15, -0.1) is 0 Å². The van der Waals surface area contributed by atoms with Crippen LogP contribution in [0.15, 0.2) is 0 Å². The summed E-state index contributed by atoms with van der Waals surface area (Å²) in [6, 6.07) is 0. The Morgan fingerprint density at radius 3 is 2.31 bits per heavy atom. The summed E-state index contributed by atoms with van der Waals surface area (Å²) in [5.41, 5.74) is 0.0619. The standard InChI is InChI=1S/C11H17O3.BrH.Mg/c1-2-3-4-11-6-8-5-9(7-11)13-10(12-8)14-11;;/h8-10H,1-7H2;1H;/q-1;;+2/p-1. The van der Waals surface area contributed by atoms with Gasteiger partial charge in [-0.05, 0) is 6.42 Å². The predicted octanol–water partition coefficient (Wildman–Crippen LogP) is -1.37. The molecule has 0 aromatic rings. The number of rotatable bonds is 3. The molecular weight excluding hydrogens is 284 g/mol. The first kappa shape index (κ1) is 15.2. The van der Waals surface area contributed by atoms with Crippen molar-refractivity contribution in [3.05, 3.63) is 6.92 Å². The molecule has 0 radical (unpaired) electrons. The molecule has 88 valence electrons. The summed E-state index contributed by atoms with van der Waals surface area (Å²) in [6.07, 6.45) is 7.20. The van der Waals surface area contributed by atoms with E-state index in [0.717, 1.165) is 38.5 Å². The number of hydrogen-bond donors (Lipinski definition) is 0. The smallest absolute Gasteiger partial charge is 1.00 e. The van der Waals surface area contributed by atoms with Gasteiger partial charge in [-0.3, -0.25) is 0 Å². The Balaban J connectivity index is 0.000000640. The van der Waals surface area contributed by atoms with Crippen molar-refractivity contribution in [2.24, 2.45) is 0 Å². The van der Waals surface area contributed by atoms with Crippen LogP contribution in [-0.2, 0) is 14.2 Å². The molecule has 1 aliphatic carbocycles. The zero-order valence-corrected chi connectivity index (χ0v) is 12.5. The normalized spacial score (nSPS) is 43.7. The Bertz CT molecular complexity index is 202. The van der Waals surface area contributed by atoms with Crippen LogP contribution < -0.4 is 17.0 Å². The van der Waals surface area contributed by atoms with Gasteiger partial charge in [-0.1, -0.05) is 6.42 Å². The van der Waals surface area contributed by atoms with Crippen LogP contribution in [0.3, 0.4) is 0 Å². The van der Waals surface area contributed by atoms with E-state index in [2.05, 4.69) is 6.92 Å². The SMILES string of the molecule is [Br-].[CH2-]CCCC12CC3CC(C1)OC(O3)O2.[Mg+2]. The van der Waals surface area contributed by atoms with Gasteiger partial charge in [0.1, 0.15) is 0 Å². The van der Waals surface area contributed by atoms with E-state index in [1.54, 1.807) is 0 Å². The zero-order valence-electron chi connectivity index (χ0n) is 9.49. The fourth-order valence-electron chi connectivity index (χ4n) is 2.99. The Kier molecular flexibility index (Phi) is 5.55. The maximum Gasteiger partial charge on any atom is 2.00 e. The summed E-state index contributed by atoms with van der Waals surface area (Å²) >= 11 is 0. The van der Waals surface area contributed by atoms with Crippen molar-refractivity contribution in [1.29, 1.82) is 0 Å². The van der Waals surface area contributed by atoms with Crippen LogP contribution in [0.1, 0.15) is 38.5 Å². The van der Waals surface area contributed by atoms with Crippen molar-refractivity contribution in [2.75, 3.05) is 0 Å². The van der Waals surface area contributed by atoms with Crippen molar-refractivity contribution < 1.29 is 31.2 Å². The zero-order chi connectivity index (χ0) is 9.60. The Morgan fingerprint density at radius 2 is 1.81 bits per heavy atom. The second kappa shape index (κ2) is 5.84. The molecule has 3 aliphatic heterocycles. The van der Waals surface area contributed by atoms with Crippen LogP contribution in [0.25, 0.3) is 0 Å². The quantitative estimate of drug-likeness (QED) is 0.476. The molecule has 3 heterocycles. The number of hydrogen-bond acceptors (Lipinski definition) is 3. The number of unbranched alkanes of at least 4 members (excludes halogenated alkanes) is 1. The summed E-state index contributed by atoms with van der Waals surface area (Å²) in [5.74, 6) is 0. The van der Waals surface area contributed by atoms with Gasteiger partial charge in [0.05, 0.1) is 17.8 Å². The van der Waals surface area contributed by atoms with Gasteiger partial charge >= 0.3 is 23.1 Å². The summed E-state index contributed by atoms with van der Waals surface area (Å²) < 4.78 is 17.0. The van der Waals surface area contributed by atoms with Crippen molar-refractivity contribution in [3.63, 3.8) is 0 Å². The molecule has 4 fully saturated rings. The fraction of sp³-hybridized carbons (Fsp3) is 0.909. The van der Waals surface area contributed by atoms with Crippen molar-refractivity contribution in [2.45, 2.75) is 62.8 Å². The third kappa shape index (κ3) is 2.75. The first-order valence-electron chi connectivity index (χ1n) is 5.58. The van der Waals surface area contributed by atoms with Crippen LogP contribution in [0.5, 0.6) is 0 Å². The maximum atomic E-state index is 5.84. The van der Waals surface area contributed by atoms with Gasteiger partial charge in [0, 0.05) is 19.3 Å². The average Bonchev–Trinajstić information content (AvgIpc) is 2.12. The van der Waals surface area contributed by atoms with E-state index in [1.165, 1.54) is 0 Å². The van der Waals surface area contributed by atoms with Crippen molar-refractivity contribution >= 4 is 23.1 Å². The minimum Gasteiger partial charge on any atom is -1.00 e. The molecule has 3 nitrogen and oxygen atoms in total. The maximum absolute atomic E-state index is 5.84. The molecule has 4 aliphatic rings. The topological polar surface area (TPSA) is 27.7 Å². The minimum atomic E-state index is -0.369. The number of ether oxygens (including phenoxy) is 3. The largest absolute Gasteiger partial charge is 2.00 e. The Labute approximate surface area is 123 Å². The van der Waals surface area contributed by atoms with E-state index in [0.29, 0.717) is 12.2 Å². The molecule has 1 saturated carbocycles. The van der Waals surface area contributed by atoms with Crippen molar-refractivity contribution in [3.8, 4) is 0 Å². The van der Waals surface area contributed by atoms with Gasteiger partial charge in [0.2, 0.25) is 0 Å². The molecule has 4 bridgehead atoms. The second-order valence-corrected chi connectivity index (χ2v) is 4.71. The third-order valence-electron chi connectivity index (χ3n) is 3.56. The molecule has 0 aromatic heterocycles. The monoisotopic (exact) mass is 300 g/mol. The molecule has 0 N–H and O–H groups in total. The van der Waals surface area contributed by atoms with E-state index in [4.69, 9.17) is 14.2 Å². The Hall–Kier alpha value is 1.13. The summed E-state index contributed by atoms with van der Waals surface area (Å²) in [4.78, 5) is 0. The van der Waals surface area contributed by atoms with Gasteiger partial charge in [0.25, 0.3) is 6.48 Å². The van der Waals surface area contributed by atoms with Gasteiger partial charge in [0.15, 0.2) is 0 Å². The molecule has 2 atom stereocenters. The predicted molar refractivity (Wildman–Crippen MR) is 56.2 cm³/mol. The van der Waals surface area contributed by atoms with Gasteiger partial charge in [-0.25, -0.2) is 0 Å². The number of halogens is 1. The van der Waals surface area contributed by atoms with Crippen LogP contribution in [-0.4, -0.2) is 47.3 Å². The summed E-state index contributed by atoms with van der Waals surface area (Å²) in [5, 5.41) is 0. The molecule has 2 unspecified atom stereocenters. The molecule has 5 heteroatoms. The molecule has 0 spiro atoms. The van der Waals surface area contributed by atoms with E-state index in [1.807, 2.05) is 0 Å². The van der Waals surface area contributed by atoms with Crippen LogP contribution in [0, 0.1) is 6.92 Å². The fourth-order valence-corrected chi connectivity index (χ4v) is 2.99. The molecule has 3 saturated heterocycles. The van der Waals surface area contributed by atoms with Crippen LogP contribution in [0.4, 0.5) is 0 Å². The molecule has 16 heavy (non-hydrogen) atoms. The first-order valence-corrected chi connectivity index (χ1v) is 5.58. The first-order chi connectivity index (χ1) is 6.80. The van der Waals surface area contributed by atoms with Crippen molar-refractivity contribution in [1.82, 2.24) is 0 Å². The second-order valence-electron chi connectivity index (χ2n) is 4.71. The van der Waals surface area contributed by atoms with E-state index in [9.17, 15) is 0 Å². The molecule has 4 rings (SSSR count). The molecule has 0 amide bonds. The molecular formula is C11H17BrMgO3. The van der Waals surface area contributed by atoms with E-state index in [-0.39, 0.29) is 52.1 Å². The van der Waals surface area contributed by atoms with E-state index < -0.39 is 0 Å². The average molecular weight is 301 g/mol. The summed E-state index contributed by atoms with van der Waals surface area (Å²) in [7, 11) is 0. The third-order valence-corrected chi connectivity index (χ3v) is 3.56. The van der Waals surface area contributed by atoms with E-state index >= 15 is 0 Å². The molecule has 0 aromatic carbocycles. The minimum absolute atomic E-state index is 0. The summed E-state index contributed by atoms with van der Waals surface area (Å²) in [6.45, 7) is 3.52. The van der Waals surface area contributed by atoms with Crippen LogP contribution in [0.2, 0.25) is 0 Å². The van der Waals surface area contributed by atoms with Gasteiger partial charge in [-0.2, -0.15) is 6.42 Å².